The molecular weight excluding hydrogens is 132 g/mol. The number of nitrogens with zero attached hydrogens (tertiary/aromatic N) is 1. The first kappa shape index (κ1) is 6.71. The van der Waals surface area contributed by atoms with Gasteiger partial charge >= 0.3 is 5.95 Å². The van der Waals surface area contributed by atoms with E-state index < -0.39 is 5.95 Å². The second-order valence-electron chi connectivity index (χ2n) is 1.63. The van der Waals surface area contributed by atoms with Crippen LogP contribution in [0.3, 0.4) is 0 Å². The van der Waals surface area contributed by atoms with Crippen LogP contribution in [-0.2, 0) is 9.84 Å². The van der Waals surface area contributed by atoms with Gasteiger partial charge in [-0.05, 0) is 6.92 Å². The van der Waals surface area contributed by atoms with Gasteiger partial charge in [0, 0.05) is 11.9 Å². The molecule has 0 spiro atoms. The van der Waals surface area contributed by atoms with E-state index in [0.717, 1.165) is 0 Å². The minimum Gasteiger partial charge on any atom is -0.461 e. The normalized spacial score (nSPS) is 18.9. The Morgan fingerprint density at radius 1 is 2.00 bits per heavy atom. The van der Waals surface area contributed by atoms with E-state index in [1.165, 1.54) is 6.08 Å². The van der Waals surface area contributed by atoms with Crippen LogP contribution in [-0.4, -0.2) is 12.5 Å². The molecule has 1 aliphatic rings. The number of hydrogen-bond donors (Lipinski definition) is 1. The Morgan fingerprint density at radius 2 is 2.80 bits per heavy atom. The molecule has 0 bridgehead atoms. The molecule has 10 heavy (non-hydrogen) atoms. The number of nitrogens with one attached hydrogen (secondary N) is 1. The number of allylic oxidation sites excluding steroid dienone is 1. The van der Waals surface area contributed by atoms with Gasteiger partial charge < -0.3 is 4.74 Å². The van der Waals surface area contributed by atoms with E-state index >= 15 is 0 Å². The highest BCUT2D eigenvalue weighted by Crippen LogP contribution is 2.02. The van der Waals surface area contributed by atoms with Crippen molar-refractivity contribution in [3.63, 3.8) is 0 Å². The maximum Gasteiger partial charge on any atom is 0.356 e. The molecule has 1 aliphatic heterocycles. The molecule has 0 amide bonds. The molecule has 1 rings (SSSR count). The molecule has 0 unspecified atom stereocenters. The third-order valence-electron chi connectivity index (χ3n) is 0.945. The number of rotatable bonds is 2. The molecule has 0 saturated carbocycles. The van der Waals surface area contributed by atoms with E-state index in [1.807, 2.05) is 0 Å². The van der Waals surface area contributed by atoms with E-state index in [2.05, 4.69) is 21.1 Å². The second kappa shape index (κ2) is 2.94. The lowest BCUT2D eigenvalue weighted by Crippen LogP contribution is -2.03. The minimum absolute atomic E-state index is 0.335. The average Bonchev–Trinajstić information content (AvgIpc) is 2.38. The van der Waals surface area contributed by atoms with Gasteiger partial charge in [0.2, 0.25) is 0 Å². The molecule has 0 aliphatic carbocycles. The zero-order chi connectivity index (χ0) is 7.40. The molecule has 1 radical (unpaired) electrons. The van der Waals surface area contributed by atoms with Crippen LogP contribution in [0.25, 0.3) is 0 Å². The van der Waals surface area contributed by atoms with Crippen LogP contribution in [0.4, 0.5) is 0 Å². The third kappa shape index (κ3) is 1.30. The summed E-state index contributed by atoms with van der Waals surface area (Å²) in [4.78, 5) is 0. The topological polar surface area (TPSA) is 53.5 Å². The number of hydrazone groups is 1. The van der Waals surface area contributed by atoms with Crippen LogP contribution in [0.5, 0.6) is 0 Å². The Bertz CT molecular complexity index is 214. The van der Waals surface area contributed by atoms with E-state index in [4.69, 9.17) is 0 Å². The fraction of sp³-hybridized carbons (Fsp3) is 0.333. The molecule has 4 heteroatoms. The molecule has 0 aromatic heterocycles. The summed E-state index contributed by atoms with van der Waals surface area (Å²) in [6.07, 6.45) is 1.44. The zero-order valence-corrected chi connectivity index (χ0v) is 5.55. The SMILES string of the molecule is CCOC([O])=C1C=C=NN1. The molecule has 0 aromatic carbocycles. The highest BCUT2D eigenvalue weighted by Gasteiger charge is 2.06. The van der Waals surface area contributed by atoms with Crippen LogP contribution in [0.2, 0.25) is 0 Å². The number of ether oxygens (including phenoxy) is 1. The third-order valence-corrected chi connectivity index (χ3v) is 0.945. The van der Waals surface area contributed by atoms with E-state index in [1.54, 1.807) is 6.92 Å². The lowest BCUT2D eigenvalue weighted by atomic mass is 10.5. The van der Waals surface area contributed by atoms with Crippen LogP contribution in [0, 0.1) is 0 Å². The Labute approximate surface area is 58.5 Å². The first-order valence-corrected chi connectivity index (χ1v) is 2.93. The maximum absolute atomic E-state index is 10.8. The predicted octanol–water partition coefficient (Wildman–Crippen LogP) is 0.367. The van der Waals surface area contributed by atoms with Crippen LogP contribution in [0.15, 0.2) is 22.8 Å². The van der Waals surface area contributed by atoms with Crippen molar-refractivity contribution in [1.29, 1.82) is 0 Å². The van der Waals surface area contributed by atoms with Crippen molar-refractivity contribution in [3.8, 4) is 0 Å². The Morgan fingerprint density at radius 3 is 3.30 bits per heavy atom. The first-order valence-electron chi connectivity index (χ1n) is 2.93. The van der Waals surface area contributed by atoms with Crippen LogP contribution < -0.4 is 5.43 Å². The molecular formula is C6H7N2O2. The summed E-state index contributed by atoms with van der Waals surface area (Å²) in [6, 6.07) is 0. The number of hydrogen-bond acceptors (Lipinski definition) is 3. The van der Waals surface area contributed by atoms with E-state index in [0.29, 0.717) is 12.3 Å². The summed E-state index contributed by atoms with van der Waals surface area (Å²) in [6.45, 7) is 2.12. The maximum atomic E-state index is 10.8. The quantitative estimate of drug-likeness (QED) is 0.562. The summed E-state index contributed by atoms with van der Waals surface area (Å²) >= 11 is 0. The predicted molar refractivity (Wildman–Crippen MR) is 34.5 cm³/mol. The van der Waals surface area contributed by atoms with E-state index in [-0.39, 0.29) is 0 Å². The molecule has 0 saturated heterocycles. The van der Waals surface area contributed by atoms with Crippen molar-refractivity contribution in [2.24, 2.45) is 5.10 Å². The highest BCUT2D eigenvalue weighted by atomic mass is 16.6. The van der Waals surface area contributed by atoms with Gasteiger partial charge in [-0.15, -0.1) is 5.10 Å². The van der Waals surface area contributed by atoms with Crippen molar-refractivity contribution in [2.45, 2.75) is 6.92 Å². The standard InChI is InChI=1S/C6H7N2O2/c1-2-10-6(9)5-3-4-7-8-5/h3,8H,2H2,1H3. The van der Waals surface area contributed by atoms with Gasteiger partial charge in [0.25, 0.3) is 0 Å². The molecule has 1 N–H and O–H groups in total. The van der Waals surface area contributed by atoms with Gasteiger partial charge in [0.1, 0.15) is 0 Å². The molecule has 4 nitrogen and oxygen atoms in total. The molecule has 0 fully saturated rings. The van der Waals surface area contributed by atoms with Crippen LogP contribution in [0.1, 0.15) is 6.92 Å². The first-order chi connectivity index (χ1) is 4.84. The molecule has 0 atom stereocenters. The smallest absolute Gasteiger partial charge is 0.356 e. The van der Waals surface area contributed by atoms with Gasteiger partial charge in [-0.25, -0.2) is 5.11 Å². The van der Waals surface area contributed by atoms with Gasteiger partial charge in [0.15, 0.2) is 5.70 Å². The molecule has 53 valence electrons. The van der Waals surface area contributed by atoms with Crippen molar-refractivity contribution in [3.05, 3.63) is 17.7 Å². The summed E-state index contributed by atoms with van der Waals surface area (Å²) in [5.74, 6) is 2.07. The Balaban J connectivity index is 2.59. The van der Waals surface area contributed by atoms with Gasteiger partial charge in [-0.2, -0.15) is 0 Å². The fourth-order valence-electron chi connectivity index (χ4n) is 0.535. The van der Waals surface area contributed by atoms with Crippen molar-refractivity contribution < 1.29 is 9.84 Å². The summed E-state index contributed by atoms with van der Waals surface area (Å²) in [5.41, 5.74) is 2.78. The largest absolute Gasteiger partial charge is 0.461 e. The van der Waals surface area contributed by atoms with Crippen molar-refractivity contribution in [2.75, 3.05) is 6.61 Å². The lowest BCUT2D eigenvalue weighted by molar-refractivity contribution is 0.0552. The monoisotopic (exact) mass is 139 g/mol. The minimum atomic E-state index is -0.392. The average molecular weight is 139 g/mol. The lowest BCUT2D eigenvalue weighted by Gasteiger charge is -1.98. The second-order valence-corrected chi connectivity index (χ2v) is 1.63. The van der Waals surface area contributed by atoms with Gasteiger partial charge in [-0.3, -0.25) is 5.43 Å². The Kier molecular flexibility index (Phi) is 1.97. The van der Waals surface area contributed by atoms with Crippen molar-refractivity contribution >= 4 is 5.87 Å². The summed E-state index contributed by atoms with van der Waals surface area (Å²) in [5, 5.41) is 14.3. The summed E-state index contributed by atoms with van der Waals surface area (Å²) < 4.78 is 4.66. The van der Waals surface area contributed by atoms with Gasteiger partial charge in [-0.1, -0.05) is 0 Å². The summed E-state index contributed by atoms with van der Waals surface area (Å²) in [7, 11) is 0. The van der Waals surface area contributed by atoms with Crippen LogP contribution >= 0.6 is 0 Å². The highest BCUT2D eigenvalue weighted by molar-refractivity contribution is 5.60. The Hall–Kier alpha value is -1.41. The molecule has 1 heterocycles. The fourth-order valence-corrected chi connectivity index (χ4v) is 0.535. The van der Waals surface area contributed by atoms with Crippen molar-refractivity contribution in [1.82, 2.24) is 5.43 Å². The molecule has 0 aromatic rings. The van der Waals surface area contributed by atoms with E-state index in [9.17, 15) is 5.11 Å². The zero-order valence-electron chi connectivity index (χ0n) is 5.55. The van der Waals surface area contributed by atoms with Gasteiger partial charge in [0.05, 0.1) is 6.61 Å².